The summed E-state index contributed by atoms with van der Waals surface area (Å²) in [4.78, 5) is 22.6. The Kier molecular flexibility index (Phi) is 3.00. The van der Waals surface area contributed by atoms with Crippen LogP contribution >= 0.6 is 0 Å². The molecular weight excluding hydrogens is 261 g/mol. The highest BCUT2D eigenvalue weighted by Gasteiger charge is 2.50. The largest absolute Gasteiger partial charge is 0.481 e. The number of benzene rings is 1. The Morgan fingerprint density at radius 2 is 2.10 bits per heavy atom. The number of carboxylic acid groups (broad SMARTS) is 1. The van der Waals surface area contributed by atoms with E-state index < -0.39 is 17.8 Å². The van der Waals surface area contributed by atoms with E-state index in [4.69, 9.17) is 5.11 Å². The zero-order chi connectivity index (χ0) is 14.3. The van der Waals surface area contributed by atoms with Gasteiger partial charge < -0.3 is 10.4 Å². The van der Waals surface area contributed by atoms with Gasteiger partial charge in [0.15, 0.2) is 0 Å². The number of hydrogen-bond donors (Lipinski definition) is 2. The number of carbonyl (C=O) groups is 2. The van der Waals surface area contributed by atoms with E-state index in [9.17, 15) is 14.0 Å². The predicted molar refractivity (Wildman–Crippen MR) is 69.6 cm³/mol. The Labute approximate surface area is 116 Å². The summed E-state index contributed by atoms with van der Waals surface area (Å²) in [5, 5.41) is 11.6. The molecule has 2 N–H and O–H groups in total. The maximum Gasteiger partial charge on any atom is 0.307 e. The minimum Gasteiger partial charge on any atom is -0.481 e. The normalized spacial score (nSPS) is 25.9. The molecule has 1 aromatic carbocycles. The molecule has 2 fully saturated rings. The molecule has 20 heavy (non-hydrogen) atoms. The standard InChI is InChI=1S/C15H16FNO3/c16-10-3-1-2-9(6-10)15(4-5-15)8-17-13(18)11-7-12(11)14(19)20/h1-3,6,11-12H,4-5,7-8H2,(H,17,18)(H,19,20)/t11-,12-/m1/s1. The lowest BCUT2D eigenvalue weighted by Gasteiger charge is -2.16. The van der Waals surface area contributed by atoms with Crippen LogP contribution in [0.2, 0.25) is 0 Å². The van der Waals surface area contributed by atoms with Gasteiger partial charge in [0.25, 0.3) is 0 Å². The number of amides is 1. The number of halogens is 1. The highest BCUT2D eigenvalue weighted by atomic mass is 19.1. The van der Waals surface area contributed by atoms with Gasteiger partial charge in [-0.25, -0.2) is 4.39 Å². The molecule has 4 nitrogen and oxygen atoms in total. The van der Waals surface area contributed by atoms with Gasteiger partial charge in [0.1, 0.15) is 5.82 Å². The number of nitrogens with one attached hydrogen (secondary N) is 1. The summed E-state index contributed by atoms with van der Waals surface area (Å²) in [5.74, 6) is -2.29. The molecule has 0 radical (unpaired) electrons. The smallest absolute Gasteiger partial charge is 0.307 e. The quantitative estimate of drug-likeness (QED) is 0.860. The van der Waals surface area contributed by atoms with Crippen molar-refractivity contribution < 1.29 is 19.1 Å². The number of carboxylic acids is 1. The number of carbonyl (C=O) groups excluding carboxylic acids is 1. The third-order valence-electron chi connectivity index (χ3n) is 4.34. The van der Waals surface area contributed by atoms with E-state index in [-0.39, 0.29) is 17.1 Å². The first-order valence-electron chi connectivity index (χ1n) is 6.78. The molecule has 0 heterocycles. The van der Waals surface area contributed by atoms with Crippen molar-refractivity contribution in [3.05, 3.63) is 35.6 Å². The van der Waals surface area contributed by atoms with E-state index in [0.717, 1.165) is 18.4 Å². The molecule has 0 unspecified atom stereocenters. The molecule has 0 saturated heterocycles. The first-order chi connectivity index (χ1) is 9.52. The lowest BCUT2D eigenvalue weighted by atomic mass is 9.96. The number of aliphatic carboxylic acids is 1. The third-order valence-corrected chi connectivity index (χ3v) is 4.34. The van der Waals surface area contributed by atoms with Crippen LogP contribution in [0.1, 0.15) is 24.8 Å². The molecule has 2 atom stereocenters. The van der Waals surface area contributed by atoms with Crippen molar-refractivity contribution in [1.82, 2.24) is 5.32 Å². The van der Waals surface area contributed by atoms with Gasteiger partial charge in [-0.3, -0.25) is 9.59 Å². The molecule has 5 heteroatoms. The Morgan fingerprint density at radius 1 is 1.35 bits per heavy atom. The molecule has 1 aromatic rings. The zero-order valence-corrected chi connectivity index (χ0v) is 10.9. The lowest BCUT2D eigenvalue weighted by Crippen LogP contribution is -2.34. The van der Waals surface area contributed by atoms with Gasteiger partial charge in [-0.05, 0) is 37.0 Å². The van der Waals surface area contributed by atoms with Crippen LogP contribution in [0.4, 0.5) is 4.39 Å². The van der Waals surface area contributed by atoms with Crippen LogP contribution in [0, 0.1) is 17.7 Å². The highest BCUT2D eigenvalue weighted by molar-refractivity contribution is 5.89. The SMILES string of the molecule is O=C(O)[C@@H]1C[C@H]1C(=O)NCC1(c2cccc(F)c2)CC1. The summed E-state index contributed by atoms with van der Waals surface area (Å²) < 4.78 is 13.2. The first-order valence-corrected chi connectivity index (χ1v) is 6.78. The molecule has 2 saturated carbocycles. The average molecular weight is 277 g/mol. The van der Waals surface area contributed by atoms with Gasteiger partial charge in [-0.2, -0.15) is 0 Å². The average Bonchev–Trinajstić information content (AvgIpc) is 3.29. The minimum atomic E-state index is -0.906. The van der Waals surface area contributed by atoms with Crippen LogP contribution in [-0.4, -0.2) is 23.5 Å². The molecule has 0 spiro atoms. The van der Waals surface area contributed by atoms with Crippen LogP contribution in [0.3, 0.4) is 0 Å². The van der Waals surface area contributed by atoms with E-state index in [2.05, 4.69) is 5.32 Å². The second-order valence-corrected chi connectivity index (χ2v) is 5.80. The molecular formula is C15H16FNO3. The number of rotatable bonds is 5. The fraction of sp³-hybridized carbons (Fsp3) is 0.467. The minimum absolute atomic E-state index is 0.161. The van der Waals surface area contributed by atoms with Crippen molar-refractivity contribution >= 4 is 11.9 Å². The molecule has 106 valence electrons. The molecule has 1 amide bonds. The number of hydrogen-bond acceptors (Lipinski definition) is 2. The zero-order valence-electron chi connectivity index (χ0n) is 10.9. The van der Waals surface area contributed by atoms with Crippen LogP contribution in [0.15, 0.2) is 24.3 Å². The molecule has 2 aliphatic carbocycles. The van der Waals surface area contributed by atoms with E-state index in [1.54, 1.807) is 6.07 Å². The summed E-state index contributed by atoms with van der Waals surface area (Å²) >= 11 is 0. The fourth-order valence-electron chi connectivity index (χ4n) is 2.68. The molecule has 0 aliphatic heterocycles. The summed E-state index contributed by atoms with van der Waals surface area (Å²) in [7, 11) is 0. The topological polar surface area (TPSA) is 66.4 Å². The van der Waals surface area contributed by atoms with Crippen molar-refractivity contribution in [3.63, 3.8) is 0 Å². The third kappa shape index (κ3) is 2.40. The van der Waals surface area contributed by atoms with Crippen LogP contribution in [0.25, 0.3) is 0 Å². The highest BCUT2D eigenvalue weighted by Crippen LogP contribution is 2.48. The van der Waals surface area contributed by atoms with Gasteiger partial charge in [-0.15, -0.1) is 0 Å². The molecule has 2 aliphatic rings. The Hall–Kier alpha value is -1.91. The fourth-order valence-corrected chi connectivity index (χ4v) is 2.68. The van der Waals surface area contributed by atoms with Gasteiger partial charge in [0.05, 0.1) is 11.8 Å². The molecule has 0 aromatic heterocycles. The predicted octanol–water partition coefficient (Wildman–Crippen LogP) is 1.69. The summed E-state index contributed by atoms with van der Waals surface area (Å²) in [6, 6.07) is 6.46. The van der Waals surface area contributed by atoms with Gasteiger partial charge in [0.2, 0.25) is 5.91 Å². The van der Waals surface area contributed by atoms with Gasteiger partial charge >= 0.3 is 5.97 Å². The van der Waals surface area contributed by atoms with Crippen LogP contribution < -0.4 is 5.32 Å². The van der Waals surface area contributed by atoms with Crippen LogP contribution in [0.5, 0.6) is 0 Å². The van der Waals surface area contributed by atoms with Crippen molar-refractivity contribution in [2.24, 2.45) is 11.8 Å². The Balaban J connectivity index is 1.59. The van der Waals surface area contributed by atoms with E-state index in [1.807, 2.05) is 6.07 Å². The molecule has 0 bridgehead atoms. The second kappa shape index (κ2) is 4.58. The summed E-state index contributed by atoms with van der Waals surface area (Å²) in [5.41, 5.74) is 0.745. The van der Waals surface area contributed by atoms with Gasteiger partial charge in [0, 0.05) is 12.0 Å². The molecule has 3 rings (SSSR count). The maximum atomic E-state index is 13.2. The van der Waals surface area contributed by atoms with Crippen molar-refractivity contribution in [2.75, 3.05) is 6.54 Å². The van der Waals surface area contributed by atoms with E-state index in [1.165, 1.54) is 12.1 Å². The summed E-state index contributed by atoms with van der Waals surface area (Å²) in [6.45, 7) is 0.456. The lowest BCUT2D eigenvalue weighted by molar-refractivity contribution is -0.140. The second-order valence-electron chi connectivity index (χ2n) is 5.80. The Morgan fingerprint density at radius 3 is 2.65 bits per heavy atom. The maximum absolute atomic E-state index is 13.2. The van der Waals surface area contributed by atoms with Crippen molar-refractivity contribution in [3.8, 4) is 0 Å². The van der Waals surface area contributed by atoms with Crippen LogP contribution in [-0.2, 0) is 15.0 Å². The first kappa shape index (κ1) is 13.1. The van der Waals surface area contributed by atoms with E-state index in [0.29, 0.717) is 13.0 Å². The van der Waals surface area contributed by atoms with Crippen molar-refractivity contribution in [1.29, 1.82) is 0 Å². The Bertz CT molecular complexity index is 568. The summed E-state index contributed by atoms with van der Waals surface area (Å²) in [6.07, 6.45) is 2.27. The monoisotopic (exact) mass is 277 g/mol. The van der Waals surface area contributed by atoms with Crippen molar-refractivity contribution in [2.45, 2.75) is 24.7 Å². The van der Waals surface area contributed by atoms with E-state index >= 15 is 0 Å². The van der Waals surface area contributed by atoms with Gasteiger partial charge in [-0.1, -0.05) is 12.1 Å².